The molecule has 0 bridgehead atoms. The maximum atomic E-state index is 12.4. The van der Waals surface area contributed by atoms with Gasteiger partial charge in [0.1, 0.15) is 5.15 Å². The first kappa shape index (κ1) is 15.0. The molecule has 5 heteroatoms. The van der Waals surface area contributed by atoms with Crippen molar-refractivity contribution in [3.63, 3.8) is 0 Å². The van der Waals surface area contributed by atoms with Gasteiger partial charge in [0.15, 0.2) is 0 Å². The number of hydrogen-bond donors (Lipinski definition) is 0. The molecule has 0 saturated carbocycles. The van der Waals surface area contributed by atoms with Crippen molar-refractivity contribution in [2.24, 2.45) is 0 Å². The molecule has 20 heavy (non-hydrogen) atoms. The molecule has 0 aliphatic carbocycles. The van der Waals surface area contributed by atoms with Crippen LogP contribution in [0.5, 0.6) is 0 Å². The molecule has 0 atom stereocenters. The summed E-state index contributed by atoms with van der Waals surface area (Å²) in [5.74, 6) is 0.201. The summed E-state index contributed by atoms with van der Waals surface area (Å²) in [6.07, 6.45) is 0. The number of amides is 1. The first-order chi connectivity index (χ1) is 9.47. The minimum atomic E-state index is -0.0374. The van der Waals surface area contributed by atoms with Crippen molar-refractivity contribution in [3.8, 4) is 0 Å². The van der Waals surface area contributed by atoms with Crippen molar-refractivity contribution in [3.05, 3.63) is 50.9 Å². The molecule has 2 heterocycles. The second kappa shape index (κ2) is 6.37. The number of halogens is 1. The Labute approximate surface area is 128 Å². The van der Waals surface area contributed by atoms with Gasteiger partial charge in [0.25, 0.3) is 5.91 Å². The average Bonchev–Trinajstić information content (AvgIpc) is 2.89. The van der Waals surface area contributed by atoms with Crippen LogP contribution in [0.15, 0.2) is 29.6 Å². The van der Waals surface area contributed by atoms with E-state index in [1.54, 1.807) is 29.4 Å². The lowest BCUT2D eigenvalue weighted by Crippen LogP contribution is -2.26. The predicted octanol–water partition coefficient (Wildman–Crippen LogP) is 4.19. The fourth-order valence-corrected chi connectivity index (χ4v) is 2.84. The van der Waals surface area contributed by atoms with E-state index in [1.165, 1.54) is 0 Å². The zero-order valence-electron chi connectivity index (χ0n) is 11.8. The fraction of sp³-hybridized carbons (Fsp3) is 0.333. The minimum absolute atomic E-state index is 0.0374. The maximum Gasteiger partial charge on any atom is 0.254 e. The van der Waals surface area contributed by atoms with Crippen LogP contribution >= 0.6 is 22.9 Å². The average molecular weight is 309 g/mol. The minimum Gasteiger partial charge on any atom is -0.337 e. The smallest absolute Gasteiger partial charge is 0.254 e. The summed E-state index contributed by atoms with van der Waals surface area (Å²) < 4.78 is 0. The number of rotatable bonds is 4. The third-order valence-corrected chi connectivity index (χ3v) is 4.03. The maximum absolute atomic E-state index is 12.4. The number of carbonyl (C=O) groups excluding carboxylic acids is 1. The second-order valence-corrected chi connectivity index (χ2v) is 6.42. The van der Waals surface area contributed by atoms with E-state index in [4.69, 9.17) is 11.6 Å². The molecular formula is C15H17ClN2OS. The zero-order chi connectivity index (χ0) is 14.7. The highest BCUT2D eigenvalue weighted by molar-refractivity contribution is 7.09. The Balaban J connectivity index is 2.19. The van der Waals surface area contributed by atoms with E-state index >= 15 is 0 Å². The predicted molar refractivity (Wildman–Crippen MR) is 83.5 cm³/mol. The Bertz CT molecular complexity index is 596. The number of thiophene rings is 1. The summed E-state index contributed by atoms with van der Waals surface area (Å²) in [4.78, 5) is 19.5. The number of nitrogens with zero attached hydrogens (tertiary/aromatic N) is 2. The van der Waals surface area contributed by atoms with Crippen LogP contribution in [-0.2, 0) is 6.54 Å². The van der Waals surface area contributed by atoms with E-state index in [1.807, 2.05) is 37.4 Å². The lowest BCUT2D eigenvalue weighted by atomic mass is 10.1. The van der Waals surface area contributed by atoms with E-state index in [0.717, 1.165) is 10.6 Å². The zero-order valence-corrected chi connectivity index (χ0v) is 13.3. The van der Waals surface area contributed by atoms with E-state index in [-0.39, 0.29) is 11.8 Å². The summed E-state index contributed by atoms with van der Waals surface area (Å²) in [6.45, 7) is 4.66. The summed E-state index contributed by atoms with van der Waals surface area (Å²) in [6, 6.07) is 7.45. The van der Waals surface area contributed by atoms with Gasteiger partial charge in [-0.05, 0) is 29.5 Å². The largest absolute Gasteiger partial charge is 0.337 e. The molecule has 2 aromatic rings. The van der Waals surface area contributed by atoms with E-state index in [9.17, 15) is 4.79 Å². The summed E-state index contributed by atoms with van der Waals surface area (Å²) in [7, 11) is 1.80. The van der Waals surface area contributed by atoms with Crippen molar-refractivity contribution in [1.82, 2.24) is 9.88 Å². The van der Waals surface area contributed by atoms with Gasteiger partial charge in [-0.15, -0.1) is 11.3 Å². The number of aromatic nitrogens is 1. The van der Waals surface area contributed by atoms with Crippen LogP contribution in [0.1, 0.15) is 40.7 Å². The molecule has 1 amide bonds. The molecule has 0 aliphatic rings. The highest BCUT2D eigenvalue weighted by Gasteiger charge is 2.15. The normalized spacial score (nSPS) is 10.8. The molecular weight excluding hydrogens is 292 g/mol. The van der Waals surface area contributed by atoms with Gasteiger partial charge in [-0.2, -0.15) is 0 Å². The lowest BCUT2D eigenvalue weighted by molar-refractivity contribution is 0.0786. The topological polar surface area (TPSA) is 33.2 Å². The molecule has 0 aromatic carbocycles. The standard InChI is InChI=1S/C15H17ClN2OS/c1-10(2)13-7-11(8-14(16)17-13)15(19)18(3)9-12-5-4-6-20-12/h4-8,10H,9H2,1-3H3. The molecule has 0 spiro atoms. The third kappa shape index (κ3) is 3.58. The second-order valence-electron chi connectivity index (χ2n) is 5.00. The van der Waals surface area contributed by atoms with Crippen LogP contribution in [0.2, 0.25) is 5.15 Å². The van der Waals surface area contributed by atoms with Gasteiger partial charge in [0.05, 0.1) is 6.54 Å². The number of carbonyl (C=O) groups is 1. The molecule has 0 unspecified atom stereocenters. The molecule has 0 radical (unpaired) electrons. The SMILES string of the molecule is CC(C)c1cc(C(=O)N(C)Cc2cccs2)cc(Cl)n1. The van der Waals surface area contributed by atoms with Gasteiger partial charge >= 0.3 is 0 Å². The lowest BCUT2D eigenvalue weighted by Gasteiger charge is -2.17. The van der Waals surface area contributed by atoms with Crippen LogP contribution < -0.4 is 0 Å². The molecule has 2 aromatic heterocycles. The quantitative estimate of drug-likeness (QED) is 0.793. The number of hydrogen-bond acceptors (Lipinski definition) is 3. The van der Waals surface area contributed by atoms with Crippen molar-refractivity contribution in [2.75, 3.05) is 7.05 Å². The summed E-state index contributed by atoms with van der Waals surface area (Å²) in [5, 5.41) is 2.37. The van der Waals surface area contributed by atoms with Gasteiger partial charge in [-0.3, -0.25) is 4.79 Å². The van der Waals surface area contributed by atoms with Crippen LogP contribution in [0.3, 0.4) is 0 Å². The van der Waals surface area contributed by atoms with Crippen LogP contribution in [-0.4, -0.2) is 22.8 Å². The van der Waals surface area contributed by atoms with E-state index in [0.29, 0.717) is 17.3 Å². The van der Waals surface area contributed by atoms with Crippen molar-refractivity contribution in [1.29, 1.82) is 0 Å². The molecule has 3 nitrogen and oxygen atoms in total. The van der Waals surface area contributed by atoms with Gasteiger partial charge in [0, 0.05) is 23.2 Å². The van der Waals surface area contributed by atoms with Gasteiger partial charge < -0.3 is 4.90 Å². The van der Waals surface area contributed by atoms with Crippen molar-refractivity contribution >= 4 is 28.8 Å². The highest BCUT2D eigenvalue weighted by Crippen LogP contribution is 2.19. The molecule has 0 saturated heterocycles. The van der Waals surface area contributed by atoms with Crippen LogP contribution in [0.4, 0.5) is 0 Å². The molecule has 0 fully saturated rings. The Hall–Kier alpha value is -1.39. The molecule has 0 N–H and O–H groups in total. The molecule has 0 aliphatic heterocycles. The van der Waals surface area contributed by atoms with Crippen molar-refractivity contribution in [2.45, 2.75) is 26.3 Å². The van der Waals surface area contributed by atoms with Crippen molar-refractivity contribution < 1.29 is 4.79 Å². The van der Waals surface area contributed by atoms with Gasteiger partial charge in [0.2, 0.25) is 0 Å². The van der Waals surface area contributed by atoms with Crippen LogP contribution in [0.25, 0.3) is 0 Å². The summed E-state index contributed by atoms with van der Waals surface area (Å²) >= 11 is 7.65. The Morgan fingerprint density at radius 1 is 1.45 bits per heavy atom. The Kier molecular flexibility index (Phi) is 4.78. The Morgan fingerprint density at radius 2 is 2.20 bits per heavy atom. The monoisotopic (exact) mass is 308 g/mol. The van der Waals surface area contributed by atoms with Gasteiger partial charge in [-0.25, -0.2) is 4.98 Å². The van der Waals surface area contributed by atoms with Crippen LogP contribution in [0, 0.1) is 0 Å². The highest BCUT2D eigenvalue weighted by atomic mass is 35.5. The van der Waals surface area contributed by atoms with E-state index in [2.05, 4.69) is 4.98 Å². The van der Waals surface area contributed by atoms with E-state index < -0.39 is 0 Å². The number of pyridine rings is 1. The van der Waals surface area contributed by atoms with Gasteiger partial charge in [-0.1, -0.05) is 31.5 Å². The molecule has 2 rings (SSSR count). The first-order valence-electron chi connectivity index (χ1n) is 6.42. The molecule has 106 valence electrons. The fourth-order valence-electron chi connectivity index (χ4n) is 1.86. The Morgan fingerprint density at radius 3 is 2.80 bits per heavy atom. The first-order valence-corrected chi connectivity index (χ1v) is 7.68. The third-order valence-electron chi connectivity index (χ3n) is 2.97. The summed E-state index contributed by atoms with van der Waals surface area (Å²) in [5.41, 5.74) is 1.43.